The predicted octanol–water partition coefficient (Wildman–Crippen LogP) is 1.50. The van der Waals surface area contributed by atoms with E-state index in [4.69, 9.17) is 11.5 Å². The molecule has 1 fully saturated rings. The van der Waals surface area contributed by atoms with Gasteiger partial charge in [-0.2, -0.15) is 0 Å². The highest BCUT2D eigenvalue weighted by Crippen LogP contribution is 2.27. The van der Waals surface area contributed by atoms with Gasteiger partial charge in [-0.15, -0.1) is 0 Å². The van der Waals surface area contributed by atoms with Crippen molar-refractivity contribution >= 4 is 11.4 Å². The van der Waals surface area contributed by atoms with Crippen molar-refractivity contribution in [2.75, 3.05) is 23.7 Å². The summed E-state index contributed by atoms with van der Waals surface area (Å²) >= 11 is 0. The first kappa shape index (κ1) is 10.3. The van der Waals surface area contributed by atoms with E-state index in [9.17, 15) is 0 Å². The number of nitrogens with two attached hydrogens (primary N) is 2. The summed E-state index contributed by atoms with van der Waals surface area (Å²) in [6.45, 7) is 3.90. The number of anilines is 2. The highest BCUT2D eigenvalue weighted by atomic mass is 15.2. The molecule has 1 unspecified atom stereocenters. The van der Waals surface area contributed by atoms with Crippen molar-refractivity contribution in [1.82, 2.24) is 0 Å². The maximum absolute atomic E-state index is 5.81. The van der Waals surface area contributed by atoms with Crippen molar-refractivity contribution < 1.29 is 0 Å². The fourth-order valence-electron chi connectivity index (χ4n) is 2.26. The number of benzene rings is 1. The van der Waals surface area contributed by atoms with E-state index in [1.165, 1.54) is 18.5 Å². The largest absolute Gasteiger partial charge is 0.399 e. The van der Waals surface area contributed by atoms with Gasteiger partial charge in [0.25, 0.3) is 0 Å². The normalized spacial score (nSPS) is 20.9. The average molecular weight is 205 g/mol. The highest BCUT2D eigenvalue weighted by molar-refractivity contribution is 5.58. The van der Waals surface area contributed by atoms with Gasteiger partial charge in [-0.05, 0) is 43.5 Å². The quantitative estimate of drug-likeness (QED) is 0.719. The Labute approximate surface area is 91.1 Å². The van der Waals surface area contributed by atoms with Crippen molar-refractivity contribution in [3.05, 3.63) is 23.8 Å². The van der Waals surface area contributed by atoms with E-state index in [0.29, 0.717) is 6.04 Å². The molecule has 3 heteroatoms. The van der Waals surface area contributed by atoms with Gasteiger partial charge >= 0.3 is 0 Å². The van der Waals surface area contributed by atoms with Gasteiger partial charge in [0.05, 0.1) is 0 Å². The van der Waals surface area contributed by atoms with Gasteiger partial charge in [0.15, 0.2) is 0 Å². The Balaban J connectivity index is 2.25. The van der Waals surface area contributed by atoms with Crippen LogP contribution in [0.5, 0.6) is 0 Å². The van der Waals surface area contributed by atoms with Crippen LogP contribution >= 0.6 is 0 Å². The van der Waals surface area contributed by atoms with E-state index < -0.39 is 0 Å². The Hall–Kier alpha value is -1.22. The molecule has 0 aromatic heterocycles. The second kappa shape index (κ2) is 4.11. The van der Waals surface area contributed by atoms with Crippen molar-refractivity contribution in [3.63, 3.8) is 0 Å². The van der Waals surface area contributed by atoms with E-state index in [2.05, 4.69) is 17.0 Å². The lowest BCUT2D eigenvalue weighted by Gasteiger charge is -2.26. The maximum Gasteiger partial charge on any atom is 0.0412 e. The van der Waals surface area contributed by atoms with Gasteiger partial charge in [-0.25, -0.2) is 0 Å². The molecule has 3 nitrogen and oxygen atoms in total. The summed E-state index contributed by atoms with van der Waals surface area (Å²) in [5.41, 5.74) is 14.8. The third-order valence-electron chi connectivity index (χ3n) is 3.23. The van der Waals surface area contributed by atoms with Crippen molar-refractivity contribution in [2.24, 2.45) is 5.73 Å². The summed E-state index contributed by atoms with van der Waals surface area (Å²) < 4.78 is 0. The Morgan fingerprint density at radius 2 is 2.27 bits per heavy atom. The molecule has 0 aliphatic carbocycles. The van der Waals surface area contributed by atoms with Crippen LogP contribution in [0.4, 0.5) is 11.4 Å². The Kier molecular flexibility index (Phi) is 2.82. The van der Waals surface area contributed by atoms with Gasteiger partial charge in [0.1, 0.15) is 0 Å². The molecule has 1 heterocycles. The fourth-order valence-corrected chi connectivity index (χ4v) is 2.26. The van der Waals surface area contributed by atoms with Crippen LogP contribution in [0.1, 0.15) is 18.4 Å². The second-order valence-electron chi connectivity index (χ2n) is 4.27. The Morgan fingerprint density at radius 1 is 1.47 bits per heavy atom. The van der Waals surface area contributed by atoms with Crippen molar-refractivity contribution in [1.29, 1.82) is 0 Å². The summed E-state index contributed by atoms with van der Waals surface area (Å²) in [5, 5.41) is 0. The molecular weight excluding hydrogens is 186 g/mol. The number of nitrogens with zero attached hydrogens (tertiary/aromatic N) is 1. The molecule has 0 amide bonds. The van der Waals surface area contributed by atoms with Crippen LogP contribution in [0.2, 0.25) is 0 Å². The zero-order chi connectivity index (χ0) is 10.8. The van der Waals surface area contributed by atoms with Gasteiger partial charge < -0.3 is 16.4 Å². The zero-order valence-corrected chi connectivity index (χ0v) is 9.24. The molecule has 1 aromatic carbocycles. The maximum atomic E-state index is 5.81. The first-order valence-corrected chi connectivity index (χ1v) is 5.55. The molecule has 1 saturated heterocycles. The number of hydrogen-bond donors (Lipinski definition) is 2. The fraction of sp³-hybridized carbons (Fsp3) is 0.500. The molecule has 1 aromatic rings. The van der Waals surface area contributed by atoms with Gasteiger partial charge in [-0.1, -0.05) is 0 Å². The third-order valence-corrected chi connectivity index (χ3v) is 3.23. The van der Waals surface area contributed by atoms with Crippen LogP contribution in [0.25, 0.3) is 0 Å². The molecule has 0 saturated carbocycles. The lowest BCUT2D eigenvalue weighted by Crippen LogP contribution is -2.35. The summed E-state index contributed by atoms with van der Waals surface area (Å²) in [5.74, 6) is 0. The first-order chi connectivity index (χ1) is 7.22. The lowest BCUT2D eigenvalue weighted by molar-refractivity contribution is 0.677. The number of hydrogen-bond acceptors (Lipinski definition) is 3. The van der Waals surface area contributed by atoms with Crippen LogP contribution < -0.4 is 16.4 Å². The smallest absolute Gasteiger partial charge is 0.0412 e. The van der Waals surface area contributed by atoms with E-state index in [1.807, 2.05) is 13.0 Å². The van der Waals surface area contributed by atoms with Crippen LogP contribution in [0.3, 0.4) is 0 Å². The van der Waals surface area contributed by atoms with E-state index >= 15 is 0 Å². The minimum atomic E-state index is 0.507. The molecule has 0 bridgehead atoms. The molecule has 15 heavy (non-hydrogen) atoms. The third kappa shape index (κ3) is 1.92. The molecule has 4 N–H and O–H groups in total. The molecule has 0 radical (unpaired) electrons. The Bertz CT molecular complexity index is 349. The number of nitrogen functional groups attached to an aromatic ring is 1. The molecule has 82 valence electrons. The summed E-state index contributed by atoms with van der Waals surface area (Å²) in [4.78, 5) is 2.40. The van der Waals surface area contributed by atoms with Crippen LogP contribution in [-0.2, 0) is 0 Å². The van der Waals surface area contributed by atoms with Crippen LogP contribution in [-0.4, -0.2) is 19.1 Å². The van der Waals surface area contributed by atoms with Crippen LogP contribution in [0.15, 0.2) is 18.2 Å². The molecule has 1 aliphatic heterocycles. The summed E-state index contributed by atoms with van der Waals surface area (Å²) in [6, 6.07) is 6.74. The molecule has 0 spiro atoms. The van der Waals surface area contributed by atoms with E-state index in [-0.39, 0.29) is 0 Å². The molecular formula is C12H19N3. The highest BCUT2D eigenvalue weighted by Gasteiger charge is 2.23. The second-order valence-corrected chi connectivity index (χ2v) is 4.27. The van der Waals surface area contributed by atoms with Gasteiger partial charge in [0.2, 0.25) is 0 Å². The summed E-state index contributed by atoms with van der Waals surface area (Å²) in [7, 11) is 0. The lowest BCUT2D eigenvalue weighted by atomic mass is 10.1. The van der Waals surface area contributed by atoms with E-state index in [0.717, 1.165) is 24.3 Å². The first-order valence-electron chi connectivity index (χ1n) is 5.55. The SMILES string of the molecule is Cc1cc(N2CCCC2CN)ccc1N. The minimum absolute atomic E-state index is 0.507. The molecule has 1 aliphatic rings. The number of aryl methyl sites for hydroxylation is 1. The number of rotatable bonds is 2. The van der Waals surface area contributed by atoms with Gasteiger partial charge in [-0.3, -0.25) is 0 Å². The van der Waals surface area contributed by atoms with Crippen LogP contribution in [0, 0.1) is 6.92 Å². The monoisotopic (exact) mass is 205 g/mol. The Morgan fingerprint density at radius 3 is 2.93 bits per heavy atom. The van der Waals surface area contributed by atoms with E-state index in [1.54, 1.807) is 0 Å². The minimum Gasteiger partial charge on any atom is -0.399 e. The topological polar surface area (TPSA) is 55.3 Å². The predicted molar refractivity (Wildman–Crippen MR) is 65.0 cm³/mol. The molecule has 1 atom stereocenters. The van der Waals surface area contributed by atoms with Gasteiger partial charge in [0, 0.05) is 30.5 Å². The standard InChI is InChI=1S/C12H19N3/c1-9-7-10(4-5-12(9)14)15-6-2-3-11(15)8-13/h4-5,7,11H,2-3,6,8,13-14H2,1H3. The molecule has 2 rings (SSSR count). The zero-order valence-electron chi connectivity index (χ0n) is 9.24. The van der Waals surface area contributed by atoms with Crippen molar-refractivity contribution in [3.8, 4) is 0 Å². The average Bonchev–Trinajstić information content (AvgIpc) is 2.70. The van der Waals surface area contributed by atoms with Crippen molar-refractivity contribution in [2.45, 2.75) is 25.8 Å². The summed E-state index contributed by atoms with van der Waals surface area (Å²) in [6.07, 6.45) is 2.45.